The highest BCUT2D eigenvalue weighted by atomic mass is 32.2. The first-order valence-corrected chi connectivity index (χ1v) is 11.3. The van der Waals surface area contributed by atoms with Gasteiger partial charge < -0.3 is 0 Å². The van der Waals surface area contributed by atoms with E-state index in [4.69, 9.17) is 0 Å². The number of hydrogen-bond acceptors (Lipinski definition) is 6. The predicted octanol–water partition coefficient (Wildman–Crippen LogP) is 1.54. The zero-order chi connectivity index (χ0) is 20.3. The summed E-state index contributed by atoms with van der Waals surface area (Å²) >= 11 is 1.38. The molecule has 0 spiro atoms. The Balaban J connectivity index is 1.66. The van der Waals surface area contributed by atoms with Crippen LogP contribution in [0.1, 0.15) is 30.5 Å². The van der Waals surface area contributed by atoms with Crippen LogP contribution in [0.15, 0.2) is 28.5 Å². The van der Waals surface area contributed by atoms with Crippen molar-refractivity contribution in [2.75, 3.05) is 7.05 Å². The summed E-state index contributed by atoms with van der Waals surface area (Å²) in [7, 11) is -2.15. The lowest BCUT2D eigenvalue weighted by atomic mass is 9.94. The average Bonchev–Trinajstić information content (AvgIpc) is 3.20. The fourth-order valence-corrected chi connectivity index (χ4v) is 5.55. The number of fused-ring (bicyclic) bond motifs is 1. The summed E-state index contributed by atoms with van der Waals surface area (Å²) in [5.41, 5.74) is 0.888. The van der Waals surface area contributed by atoms with Gasteiger partial charge in [-0.1, -0.05) is 0 Å². The van der Waals surface area contributed by atoms with E-state index in [1.807, 2.05) is 19.2 Å². The molecule has 8 nitrogen and oxygen atoms in total. The molecule has 148 valence electrons. The first-order chi connectivity index (χ1) is 13.1. The fourth-order valence-electron chi connectivity index (χ4n) is 3.26. The van der Waals surface area contributed by atoms with Crippen LogP contribution in [-0.2, 0) is 21.4 Å². The molecule has 1 aromatic heterocycles. The van der Waals surface area contributed by atoms with Crippen molar-refractivity contribution in [1.29, 1.82) is 0 Å². The summed E-state index contributed by atoms with van der Waals surface area (Å²) in [6, 6.07) is -0.447. The van der Waals surface area contributed by atoms with Crippen LogP contribution >= 0.6 is 11.3 Å². The van der Waals surface area contributed by atoms with E-state index in [9.17, 15) is 18.0 Å². The molecule has 4 rings (SSSR count). The lowest BCUT2D eigenvalue weighted by molar-refractivity contribution is -0.406. The topological polar surface area (TPSA) is 99.5 Å². The second-order valence-corrected chi connectivity index (χ2v) is 10.2. The fraction of sp³-hybridized carbons (Fsp3) is 0.444. The number of aromatic nitrogens is 1. The van der Waals surface area contributed by atoms with Gasteiger partial charge in [0, 0.05) is 16.6 Å². The molecule has 10 heteroatoms. The highest BCUT2D eigenvalue weighted by Gasteiger charge is 2.48. The molecule has 1 unspecified atom stereocenters. The molecule has 0 bridgehead atoms. The van der Waals surface area contributed by atoms with Crippen molar-refractivity contribution in [2.45, 2.75) is 38.8 Å². The number of amides is 3. The van der Waals surface area contributed by atoms with Gasteiger partial charge in [0.2, 0.25) is 10.0 Å². The van der Waals surface area contributed by atoms with Crippen molar-refractivity contribution in [3.8, 4) is 0 Å². The smallest absolute Gasteiger partial charge is 0.245 e. The molecule has 0 radical (unpaired) electrons. The maximum absolute atomic E-state index is 13.0. The first-order valence-electron chi connectivity index (χ1n) is 8.90. The predicted molar refractivity (Wildman–Crippen MR) is 104 cm³/mol. The number of rotatable bonds is 5. The van der Waals surface area contributed by atoms with Gasteiger partial charge in [-0.25, -0.2) is 22.9 Å². The number of sulfonamides is 1. The summed E-state index contributed by atoms with van der Waals surface area (Å²) in [4.78, 5) is 31.2. The van der Waals surface area contributed by atoms with Crippen molar-refractivity contribution < 1.29 is 22.6 Å². The number of carbonyl (C=O) groups excluding carboxylic acids is 2. The first kappa shape index (κ1) is 19.2. The third-order valence-electron chi connectivity index (χ3n) is 5.16. The molecule has 2 aliphatic carbocycles. The van der Waals surface area contributed by atoms with Crippen molar-refractivity contribution in [1.82, 2.24) is 14.6 Å². The molecule has 28 heavy (non-hydrogen) atoms. The minimum absolute atomic E-state index is 0.0514. The lowest BCUT2D eigenvalue weighted by Crippen LogP contribution is -2.53. The van der Waals surface area contributed by atoms with Gasteiger partial charge >= 0.3 is 11.9 Å². The summed E-state index contributed by atoms with van der Waals surface area (Å²) in [5.74, 6) is -1.27. The largest absolute Gasteiger partial charge is 0.501 e. The Labute approximate surface area is 167 Å². The molecule has 1 saturated carbocycles. The Kier molecular flexibility index (Phi) is 4.40. The van der Waals surface area contributed by atoms with Crippen LogP contribution in [0.4, 0.5) is 4.79 Å². The Hall–Kier alpha value is -2.17. The highest BCUT2D eigenvalue weighted by molar-refractivity contribution is 7.93. The molecule has 2 heterocycles. The van der Waals surface area contributed by atoms with Crippen LogP contribution in [0, 0.1) is 12.8 Å². The van der Waals surface area contributed by atoms with E-state index in [0.717, 1.165) is 23.4 Å². The van der Waals surface area contributed by atoms with Gasteiger partial charge in [-0.3, -0.25) is 0 Å². The number of allylic oxidation sites excluding steroid dienone is 2. The van der Waals surface area contributed by atoms with Gasteiger partial charge in [-0.2, -0.15) is 14.3 Å². The minimum Gasteiger partial charge on any atom is -0.245 e. The number of thiazole rings is 1. The minimum atomic E-state index is -3.73. The zero-order valence-corrected chi connectivity index (χ0v) is 17.4. The molecule has 0 saturated heterocycles. The second-order valence-electron chi connectivity index (χ2n) is 7.62. The van der Waals surface area contributed by atoms with E-state index in [2.05, 4.69) is 9.71 Å². The zero-order valence-electron chi connectivity index (χ0n) is 15.8. The SMILES string of the molecule is Cc1csc(CN2C(=O)C3C=C(S(=O)(=O)NC4(C)CC4)C=CC3=[N+](C)C2=O)n1. The molecule has 1 fully saturated rings. The van der Waals surface area contributed by atoms with Gasteiger partial charge in [0.1, 0.15) is 23.2 Å². The van der Waals surface area contributed by atoms with Crippen LogP contribution in [0.3, 0.4) is 0 Å². The van der Waals surface area contributed by atoms with Gasteiger partial charge in [0.15, 0.2) is 0 Å². The van der Waals surface area contributed by atoms with E-state index >= 15 is 0 Å². The Morgan fingerprint density at radius 2 is 2.07 bits per heavy atom. The van der Waals surface area contributed by atoms with Gasteiger partial charge in [0.05, 0.1) is 12.0 Å². The van der Waals surface area contributed by atoms with Crippen LogP contribution < -0.4 is 4.72 Å². The molecule has 0 aromatic carbocycles. The summed E-state index contributed by atoms with van der Waals surface area (Å²) in [5, 5.41) is 2.51. The summed E-state index contributed by atoms with van der Waals surface area (Å²) in [6.07, 6.45) is 5.99. The quantitative estimate of drug-likeness (QED) is 0.727. The molecule has 1 aliphatic heterocycles. The van der Waals surface area contributed by atoms with E-state index in [0.29, 0.717) is 10.7 Å². The molecule has 3 amide bonds. The van der Waals surface area contributed by atoms with Gasteiger partial charge in [-0.15, -0.1) is 11.3 Å². The lowest BCUT2D eigenvalue weighted by Gasteiger charge is -2.26. The number of hydrogen-bond donors (Lipinski definition) is 1. The van der Waals surface area contributed by atoms with Crippen LogP contribution in [0.5, 0.6) is 0 Å². The van der Waals surface area contributed by atoms with E-state index < -0.39 is 33.4 Å². The summed E-state index contributed by atoms with van der Waals surface area (Å²) < 4.78 is 29.5. The van der Waals surface area contributed by atoms with E-state index in [1.54, 1.807) is 7.05 Å². The molecule has 1 N–H and O–H groups in total. The molecular weight excluding hydrogens is 400 g/mol. The molecule has 3 aliphatic rings. The third kappa shape index (κ3) is 3.36. The van der Waals surface area contributed by atoms with Gasteiger partial charge in [0.25, 0.3) is 0 Å². The normalized spacial score (nSPS) is 23.8. The van der Waals surface area contributed by atoms with E-state index in [-0.39, 0.29) is 11.4 Å². The second kappa shape index (κ2) is 6.43. The molecule has 1 aromatic rings. The van der Waals surface area contributed by atoms with Crippen molar-refractivity contribution in [3.63, 3.8) is 0 Å². The standard InChI is InChI=1S/C18H21N4O4S2/c1-11-10-27-15(19-11)9-22-16(23)13-8-12(4-5-14(13)21(3)17(22)24)28(25,26)20-18(2)6-7-18/h4-5,8,10,13,20H,6-7,9H2,1-3H3/q+1. The Morgan fingerprint density at radius 3 is 2.68 bits per heavy atom. The number of nitrogens with one attached hydrogen (secondary N) is 1. The van der Waals surface area contributed by atoms with Crippen molar-refractivity contribution in [3.05, 3.63) is 39.2 Å². The number of nitrogens with zero attached hydrogens (tertiary/aromatic N) is 3. The maximum Gasteiger partial charge on any atom is 0.501 e. The van der Waals surface area contributed by atoms with Crippen LogP contribution in [-0.4, -0.2) is 53.1 Å². The maximum atomic E-state index is 13.0. The van der Waals surface area contributed by atoms with Crippen LogP contribution in [0.25, 0.3) is 0 Å². The monoisotopic (exact) mass is 421 g/mol. The van der Waals surface area contributed by atoms with Crippen molar-refractivity contribution >= 4 is 39.0 Å². The van der Waals surface area contributed by atoms with Crippen LogP contribution in [0.2, 0.25) is 0 Å². The Morgan fingerprint density at radius 1 is 1.36 bits per heavy atom. The third-order valence-corrected chi connectivity index (χ3v) is 7.76. The number of imide groups is 1. The number of aryl methyl sites for hydroxylation is 1. The van der Waals surface area contributed by atoms with Crippen molar-refractivity contribution in [2.24, 2.45) is 5.92 Å². The molecule has 1 atom stereocenters. The number of urea groups is 1. The molecular formula is C18H21N4O4S2+. The summed E-state index contributed by atoms with van der Waals surface area (Å²) in [6.45, 7) is 3.77. The number of carbonyl (C=O) groups is 2. The Bertz CT molecular complexity index is 1080. The highest BCUT2D eigenvalue weighted by Crippen LogP contribution is 2.36. The van der Waals surface area contributed by atoms with E-state index in [1.165, 1.54) is 34.1 Å². The van der Waals surface area contributed by atoms with Gasteiger partial charge in [-0.05, 0) is 44.9 Å². The average molecular weight is 422 g/mol.